The summed E-state index contributed by atoms with van der Waals surface area (Å²) >= 11 is 10.2. The van der Waals surface area contributed by atoms with E-state index in [9.17, 15) is 43.6 Å². The monoisotopic (exact) mass is 680 g/mol. The summed E-state index contributed by atoms with van der Waals surface area (Å²) in [6, 6.07) is 12.3. The van der Waals surface area contributed by atoms with E-state index in [2.05, 4.69) is 21.3 Å². The Kier molecular flexibility index (Phi) is 12.8. The van der Waals surface area contributed by atoms with Crippen LogP contribution in [-0.2, 0) is 12.7 Å². The van der Waals surface area contributed by atoms with Gasteiger partial charge in [0.05, 0.1) is 15.4 Å². The van der Waals surface area contributed by atoms with Crippen LogP contribution < -0.4 is 21.3 Å². The zero-order valence-electron chi connectivity index (χ0n) is 24.2. The molecule has 17 heteroatoms. The number of thiocarbonyl (C=S) groups is 2. The number of nitro groups is 2. The number of anilines is 2. The molecule has 0 aliphatic heterocycles. The smallest absolute Gasteiger partial charge is 0.416 e. The van der Waals surface area contributed by atoms with Crippen molar-refractivity contribution in [2.75, 3.05) is 17.2 Å². The fraction of sp³-hybridized carbons (Fsp3) is 0.310. The van der Waals surface area contributed by atoms with Gasteiger partial charge in [0.1, 0.15) is 0 Å². The van der Waals surface area contributed by atoms with Gasteiger partial charge in [-0.1, -0.05) is 31.4 Å². The Morgan fingerprint density at radius 3 is 1.72 bits per heavy atom. The molecular formula is C29H31F3N6O6S2. The second-order valence-corrected chi connectivity index (χ2v) is 11.1. The quantitative estimate of drug-likeness (QED) is 0.0625. The van der Waals surface area contributed by atoms with Crippen molar-refractivity contribution in [2.45, 2.75) is 44.8 Å². The summed E-state index contributed by atoms with van der Waals surface area (Å²) in [7, 11) is 0. The largest absolute Gasteiger partial charge is 0.502 e. The lowest BCUT2D eigenvalue weighted by molar-refractivity contribution is -0.385. The van der Waals surface area contributed by atoms with Gasteiger partial charge in [-0.25, -0.2) is 0 Å². The molecule has 0 unspecified atom stereocenters. The molecular weight excluding hydrogens is 649 g/mol. The number of rotatable bonds is 8. The van der Waals surface area contributed by atoms with Crippen LogP contribution in [-0.4, -0.2) is 36.8 Å². The van der Waals surface area contributed by atoms with Crippen molar-refractivity contribution in [3.63, 3.8) is 0 Å². The van der Waals surface area contributed by atoms with Gasteiger partial charge in [0.25, 0.3) is 0 Å². The molecule has 3 aromatic rings. The zero-order valence-corrected chi connectivity index (χ0v) is 25.8. The molecule has 0 radical (unpaired) electrons. The number of phenols is 2. The molecule has 0 atom stereocenters. The predicted molar refractivity (Wildman–Crippen MR) is 175 cm³/mol. The fourth-order valence-electron chi connectivity index (χ4n) is 4.47. The minimum absolute atomic E-state index is 0.125. The molecule has 0 saturated heterocycles. The van der Waals surface area contributed by atoms with Crippen LogP contribution in [0.25, 0.3) is 0 Å². The lowest BCUT2D eigenvalue weighted by atomic mass is 9.89. The average molecular weight is 681 g/mol. The first kappa shape index (κ1) is 35.7. The van der Waals surface area contributed by atoms with Gasteiger partial charge in [0, 0.05) is 36.6 Å². The number of hydrogen-bond acceptors (Lipinski definition) is 8. The second-order valence-electron chi connectivity index (χ2n) is 10.3. The van der Waals surface area contributed by atoms with Crippen molar-refractivity contribution in [3.8, 4) is 11.5 Å². The lowest BCUT2D eigenvalue weighted by Crippen LogP contribution is -2.33. The fourth-order valence-corrected chi connectivity index (χ4v) is 4.86. The third-order valence-corrected chi connectivity index (χ3v) is 7.36. The highest BCUT2D eigenvalue weighted by Crippen LogP contribution is 2.31. The van der Waals surface area contributed by atoms with Crippen molar-refractivity contribution in [1.29, 1.82) is 0 Å². The molecule has 0 amide bonds. The Labute approximate surface area is 272 Å². The summed E-state index contributed by atoms with van der Waals surface area (Å²) in [5, 5.41) is 52.4. The SMILES string of the molecule is O=[N+]([O-])c1cc(NC(=S)NCC2CCCCC2)ccc1O.O=[N+]([O-])c1cc(NC(=S)NCc2ccc(C(F)(F)F)cc2)ccc1O. The molecule has 1 aliphatic carbocycles. The lowest BCUT2D eigenvalue weighted by Gasteiger charge is -2.22. The Balaban J connectivity index is 0.000000254. The molecule has 3 aromatic carbocycles. The minimum atomic E-state index is -4.39. The Morgan fingerprint density at radius 2 is 1.26 bits per heavy atom. The number of alkyl halides is 3. The van der Waals surface area contributed by atoms with E-state index in [0.717, 1.165) is 30.8 Å². The van der Waals surface area contributed by atoms with Crippen LogP contribution in [0.5, 0.6) is 11.5 Å². The first-order chi connectivity index (χ1) is 21.7. The van der Waals surface area contributed by atoms with E-state index in [1.54, 1.807) is 6.07 Å². The van der Waals surface area contributed by atoms with Gasteiger partial charge < -0.3 is 31.5 Å². The van der Waals surface area contributed by atoms with E-state index >= 15 is 0 Å². The predicted octanol–water partition coefficient (Wildman–Crippen LogP) is 6.97. The Hall–Kier alpha value is -4.77. The number of nitrogens with zero attached hydrogens (tertiary/aromatic N) is 2. The average Bonchev–Trinajstić information content (AvgIpc) is 3.01. The van der Waals surface area contributed by atoms with Gasteiger partial charge in [0.2, 0.25) is 0 Å². The maximum Gasteiger partial charge on any atom is 0.416 e. The van der Waals surface area contributed by atoms with Gasteiger partial charge in [-0.15, -0.1) is 0 Å². The van der Waals surface area contributed by atoms with Crippen LogP contribution in [0.4, 0.5) is 35.9 Å². The molecule has 12 nitrogen and oxygen atoms in total. The van der Waals surface area contributed by atoms with Crippen molar-refractivity contribution >= 4 is 57.4 Å². The third kappa shape index (κ3) is 11.3. The van der Waals surface area contributed by atoms with E-state index in [1.807, 2.05) is 0 Å². The standard InChI is InChI=1S/C15H12F3N3O3S.C14H19N3O3S/c16-15(17,18)10-3-1-9(2-4-10)8-19-14(25)20-11-5-6-13(22)12(7-11)21(23)24;18-13-7-6-11(8-12(13)17(19)20)16-14(21)15-9-10-4-2-1-3-5-10/h1-7,22H,8H2,(H2,19,20,25);6-8,10,18H,1-5,9H2,(H2,15,16,21). The minimum Gasteiger partial charge on any atom is -0.502 e. The summed E-state index contributed by atoms with van der Waals surface area (Å²) in [6.45, 7) is 0.996. The van der Waals surface area contributed by atoms with Gasteiger partial charge in [-0.05, 0) is 85.2 Å². The maximum absolute atomic E-state index is 12.5. The van der Waals surface area contributed by atoms with Crippen molar-refractivity contribution in [3.05, 3.63) is 92.0 Å². The van der Waals surface area contributed by atoms with Crippen LogP contribution >= 0.6 is 24.4 Å². The normalized spacial score (nSPS) is 13.0. The highest BCUT2D eigenvalue weighted by atomic mass is 32.1. The summed E-state index contributed by atoms with van der Waals surface area (Å²) < 4.78 is 37.4. The summed E-state index contributed by atoms with van der Waals surface area (Å²) in [4.78, 5) is 20.2. The second kappa shape index (κ2) is 16.5. The zero-order chi connectivity index (χ0) is 33.9. The maximum atomic E-state index is 12.5. The highest BCUT2D eigenvalue weighted by molar-refractivity contribution is 7.80. The van der Waals surface area contributed by atoms with E-state index in [4.69, 9.17) is 24.4 Å². The van der Waals surface area contributed by atoms with Crippen molar-refractivity contribution in [2.24, 2.45) is 5.92 Å². The summed E-state index contributed by atoms with van der Waals surface area (Å²) in [5.41, 5.74) is -0.206. The Bertz CT molecular complexity index is 1550. The molecule has 1 saturated carbocycles. The number of halogens is 3. The molecule has 1 fully saturated rings. The first-order valence-electron chi connectivity index (χ1n) is 13.9. The number of aromatic hydroxyl groups is 2. The molecule has 246 valence electrons. The van der Waals surface area contributed by atoms with Gasteiger partial charge >= 0.3 is 17.6 Å². The number of phenolic OH excluding ortho intramolecular Hbond substituents is 2. The molecule has 0 aromatic heterocycles. The van der Waals surface area contributed by atoms with Gasteiger partial charge in [-0.2, -0.15) is 13.2 Å². The number of benzene rings is 3. The highest BCUT2D eigenvalue weighted by Gasteiger charge is 2.29. The molecule has 0 bridgehead atoms. The van der Waals surface area contributed by atoms with Crippen LogP contribution in [0, 0.1) is 26.1 Å². The van der Waals surface area contributed by atoms with E-state index in [1.165, 1.54) is 62.4 Å². The molecule has 46 heavy (non-hydrogen) atoms. The number of nitro benzene ring substituents is 2. The van der Waals surface area contributed by atoms with Crippen LogP contribution in [0.3, 0.4) is 0 Å². The van der Waals surface area contributed by atoms with Crippen molar-refractivity contribution in [1.82, 2.24) is 10.6 Å². The summed E-state index contributed by atoms with van der Waals surface area (Å²) in [5.74, 6) is -0.182. The van der Waals surface area contributed by atoms with E-state index < -0.39 is 33.0 Å². The molecule has 6 N–H and O–H groups in total. The molecule has 0 spiro atoms. The number of hydrogen-bond donors (Lipinski definition) is 6. The first-order valence-corrected chi connectivity index (χ1v) is 14.7. The number of nitrogens with one attached hydrogen (secondary N) is 4. The van der Waals surface area contributed by atoms with Gasteiger partial charge in [0.15, 0.2) is 21.7 Å². The molecule has 4 rings (SSSR count). The van der Waals surface area contributed by atoms with Crippen LogP contribution in [0.2, 0.25) is 0 Å². The topological polar surface area (TPSA) is 175 Å². The van der Waals surface area contributed by atoms with Crippen LogP contribution in [0.1, 0.15) is 43.2 Å². The van der Waals surface area contributed by atoms with Gasteiger partial charge in [-0.3, -0.25) is 20.2 Å². The summed E-state index contributed by atoms with van der Waals surface area (Å²) in [6.07, 6.45) is 1.92. The molecule has 0 heterocycles. The Morgan fingerprint density at radius 1 is 0.783 bits per heavy atom. The van der Waals surface area contributed by atoms with Crippen LogP contribution in [0.15, 0.2) is 60.7 Å². The van der Waals surface area contributed by atoms with E-state index in [0.29, 0.717) is 22.3 Å². The molecule has 1 aliphatic rings. The van der Waals surface area contributed by atoms with E-state index in [-0.39, 0.29) is 28.8 Å². The van der Waals surface area contributed by atoms with Crippen molar-refractivity contribution < 1.29 is 33.2 Å². The third-order valence-electron chi connectivity index (χ3n) is 6.87.